The molecule has 8 heteroatoms. The average Bonchev–Trinajstić information content (AvgIpc) is 2.26. The normalized spacial score (nSPS) is 11.9. The van der Waals surface area contributed by atoms with Crippen LogP contribution < -0.4 is 4.72 Å². The summed E-state index contributed by atoms with van der Waals surface area (Å²) in [6, 6.07) is 2.26. The molecule has 2 N–H and O–H groups in total. The van der Waals surface area contributed by atoms with Gasteiger partial charge in [0.2, 0.25) is 10.0 Å². The second kappa shape index (κ2) is 5.62. The molecule has 0 spiro atoms. The minimum atomic E-state index is -4.08. The van der Waals surface area contributed by atoms with Gasteiger partial charge >= 0.3 is 5.97 Å². The maximum absolute atomic E-state index is 12.2. The van der Waals surface area contributed by atoms with Gasteiger partial charge in [-0.3, -0.25) is 0 Å². The number of halogens is 2. The quantitative estimate of drug-likeness (QED) is 0.827. The van der Waals surface area contributed by atoms with Crippen molar-refractivity contribution in [2.24, 2.45) is 0 Å². The van der Waals surface area contributed by atoms with Crippen LogP contribution in [-0.2, 0) is 10.0 Å². The first-order chi connectivity index (χ1) is 9.02. The minimum Gasteiger partial charge on any atom is -0.478 e. The van der Waals surface area contributed by atoms with E-state index in [0.29, 0.717) is 0 Å². The first kappa shape index (κ1) is 16.8. The number of rotatable bonds is 4. The van der Waals surface area contributed by atoms with E-state index in [9.17, 15) is 13.2 Å². The van der Waals surface area contributed by atoms with E-state index in [4.69, 9.17) is 34.7 Å². The van der Waals surface area contributed by atoms with Crippen molar-refractivity contribution in [3.63, 3.8) is 0 Å². The summed E-state index contributed by atoms with van der Waals surface area (Å²) in [6.07, 6.45) is 5.21. The highest BCUT2D eigenvalue weighted by atomic mass is 35.5. The number of carboxylic acid groups (broad SMARTS) is 1. The fourth-order valence-electron chi connectivity index (χ4n) is 1.36. The van der Waals surface area contributed by atoms with Crippen molar-refractivity contribution < 1.29 is 18.3 Å². The van der Waals surface area contributed by atoms with E-state index in [1.807, 2.05) is 0 Å². The average molecular weight is 336 g/mol. The Morgan fingerprint density at radius 1 is 1.40 bits per heavy atom. The van der Waals surface area contributed by atoms with Crippen LogP contribution in [-0.4, -0.2) is 25.0 Å². The Morgan fingerprint density at radius 3 is 2.40 bits per heavy atom. The number of terminal acetylenes is 1. The SMILES string of the molecule is C#CC(C)(C)NS(=O)(=O)c1ccc(Cl)c(C(=O)O)c1Cl. The van der Waals surface area contributed by atoms with Gasteiger partial charge in [0.05, 0.1) is 21.1 Å². The monoisotopic (exact) mass is 335 g/mol. The van der Waals surface area contributed by atoms with Gasteiger partial charge in [-0.05, 0) is 26.0 Å². The summed E-state index contributed by atoms with van der Waals surface area (Å²) in [6.45, 7) is 2.96. The van der Waals surface area contributed by atoms with E-state index in [0.717, 1.165) is 12.1 Å². The van der Waals surface area contributed by atoms with Crippen molar-refractivity contribution in [2.45, 2.75) is 24.3 Å². The highest BCUT2D eigenvalue weighted by Crippen LogP contribution is 2.31. The first-order valence-electron chi connectivity index (χ1n) is 5.25. The van der Waals surface area contributed by atoms with Gasteiger partial charge in [0, 0.05) is 0 Å². The van der Waals surface area contributed by atoms with Crippen LogP contribution in [0.1, 0.15) is 24.2 Å². The number of nitrogens with one attached hydrogen (secondary N) is 1. The lowest BCUT2D eigenvalue weighted by Crippen LogP contribution is -2.42. The van der Waals surface area contributed by atoms with Gasteiger partial charge in [-0.25, -0.2) is 13.2 Å². The summed E-state index contributed by atoms with van der Waals surface area (Å²) >= 11 is 11.5. The Morgan fingerprint density at radius 2 is 1.95 bits per heavy atom. The zero-order valence-corrected chi connectivity index (χ0v) is 12.9. The predicted molar refractivity (Wildman–Crippen MR) is 76.7 cm³/mol. The second-order valence-corrected chi connectivity index (χ2v) is 6.85. The molecular formula is C12H11Cl2NO4S. The number of aromatic carboxylic acids is 1. The molecule has 0 saturated heterocycles. The molecule has 0 amide bonds. The fraction of sp³-hybridized carbons (Fsp3) is 0.250. The summed E-state index contributed by atoms with van der Waals surface area (Å²) in [4.78, 5) is 10.6. The molecule has 1 rings (SSSR count). The summed E-state index contributed by atoms with van der Waals surface area (Å²) in [7, 11) is -4.08. The van der Waals surface area contributed by atoms with Crippen LogP contribution >= 0.6 is 23.2 Å². The Bertz CT molecular complexity index is 705. The molecule has 0 radical (unpaired) electrons. The number of carbonyl (C=O) groups is 1. The van der Waals surface area contributed by atoms with Gasteiger partial charge < -0.3 is 5.11 Å². The number of hydrogen-bond donors (Lipinski definition) is 2. The van der Waals surface area contributed by atoms with Gasteiger partial charge in [0.1, 0.15) is 4.90 Å². The Labute approximate surface area is 126 Å². The minimum absolute atomic E-state index is 0.155. The van der Waals surface area contributed by atoms with Crippen LogP contribution in [0.3, 0.4) is 0 Å². The molecule has 0 heterocycles. The Kier molecular flexibility index (Phi) is 4.72. The maximum atomic E-state index is 12.2. The lowest BCUT2D eigenvalue weighted by atomic mass is 10.1. The predicted octanol–water partition coefficient (Wildman–Crippen LogP) is 2.38. The lowest BCUT2D eigenvalue weighted by Gasteiger charge is -2.20. The van der Waals surface area contributed by atoms with Crippen molar-refractivity contribution in [3.05, 3.63) is 27.7 Å². The molecule has 0 unspecified atom stereocenters. The van der Waals surface area contributed by atoms with E-state index < -0.39 is 37.0 Å². The molecular weight excluding hydrogens is 325 g/mol. The molecule has 1 aromatic carbocycles. The Balaban J connectivity index is 3.46. The van der Waals surface area contributed by atoms with Crippen molar-refractivity contribution in [1.29, 1.82) is 0 Å². The Hall–Kier alpha value is -1.26. The molecule has 0 fully saturated rings. The number of benzene rings is 1. The summed E-state index contributed by atoms with van der Waals surface area (Å²) in [5.41, 5.74) is -1.62. The van der Waals surface area contributed by atoms with Crippen molar-refractivity contribution in [3.8, 4) is 12.3 Å². The standard InChI is InChI=1S/C12H11Cl2NO4S/c1-4-12(2,3)15-20(18,19)8-6-5-7(13)9(10(8)14)11(16)17/h1,5-6,15H,2-3H3,(H,16,17). The third kappa shape index (κ3) is 3.44. The van der Waals surface area contributed by atoms with E-state index in [1.54, 1.807) is 0 Å². The molecule has 5 nitrogen and oxygen atoms in total. The number of carboxylic acids is 1. The van der Waals surface area contributed by atoms with Gasteiger partial charge in [0.15, 0.2) is 0 Å². The molecule has 0 aliphatic rings. The number of sulfonamides is 1. The summed E-state index contributed by atoms with van der Waals surface area (Å²) < 4.78 is 26.6. The second-order valence-electron chi connectivity index (χ2n) is 4.41. The third-order valence-corrected chi connectivity index (χ3v) is 4.83. The van der Waals surface area contributed by atoms with Gasteiger partial charge in [-0.1, -0.05) is 29.1 Å². The zero-order valence-electron chi connectivity index (χ0n) is 10.6. The van der Waals surface area contributed by atoms with Crippen LogP contribution in [0.5, 0.6) is 0 Å². The van der Waals surface area contributed by atoms with Crippen LogP contribution in [0, 0.1) is 12.3 Å². The highest BCUT2D eigenvalue weighted by molar-refractivity contribution is 7.89. The maximum Gasteiger partial charge on any atom is 0.338 e. The van der Waals surface area contributed by atoms with Crippen LogP contribution in [0.25, 0.3) is 0 Å². The van der Waals surface area contributed by atoms with Crippen molar-refractivity contribution in [2.75, 3.05) is 0 Å². The van der Waals surface area contributed by atoms with Crippen molar-refractivity contribution >= 4 is 39.2 Å². The third-order valence-electron chi connectivity index (χ3n) is 2.31. The molecule has 20 heavy (non-hydrogen) atoms. The summed E-state index contributed by atoms with van der Waals surface area (Å²) in [5, 5.41) is 8.38. The van der Waals surface area contributed by atoms with Gasteiger partial charge in [0.25, 0.3) is 0 Å². The fourth-order valence-corrected chi connectivity index (χ4v) is 3.62. The number of hydrogen-bond acceptors (Lipinski definition) is 3. The highest BCUT2D eigenvalue weighted by Gasteiger charge is 2.29. The molecule has 108 valence electrons. The smallest absolute Gasteiger partial charge is 0.338 e. The van der Waals surface area contributed by atoms with Crippen LogP contribution in [0.2, 0.25) is 10.0 Å². The van der Waals surface area contributed by atoms with E-state index in [1.165, 1.54) is 13.8 Å². The lowest BCUT2D eigenvalue weighted by molar-refractivity contribution is 0.0697. The first-order valence-corrected chi connectivity index (χ1v) is 7.49. The largest absolute Gasteiger partial charge is 0.478 e. The molecule has 0 bridgehead atoms. The van der Waals surface area contributed by atoms with E-state index in [-0.39, 0.29) is 5.02 Å². The molecule has 0 aliphatic heterocycles. The van der Waals surface area contributed by atoms with Crippen LogP contribution in [0.4, 0.5) is 0 Å². The van der Waals surface area contributed by atoms with E-state index >= 15 is 0 Å². The topological polar surface area (TPSA) is 83.5 Å². The zero-order chi connectivity index (χ0) is 15.7. The van der Waals surface area contributed by atoms with Gasteiger partial charge in [-0.2, -0.15) is 4.72 Å². The van der Waals surface area contributed by atoms with E-state index in [2.05, 4.69) is 10.6 Å². The van der Waals surface area contributed by atoms with Crippen LogP contribution in [0.15, 0.2) is 17.0 Å². The van der Waals surface area contributed by atoms with Gasteiger partial charge in [-0.15, -0.1) is 6.42 Å². The molecule has 0 aliphatic carbocycles. The molecule has 0 saturated carbocycles. The molecule has 0 aromatic heterocycles. The van der Waals surface area contributed by atoms with Crippen molar-refractivity contribution in [1.82, 2.24) is 4.72 Å². The molecule has 0 atom stereocenters. The summed E-state index contributed by atoms with van der Waals surface area (Å²) in [5.74, 6) is 0.837. The molecule has 1 aromatic rings.